The maximum absolute atomic E-state index is 14.1. The number of likely N-dealkylation sites (tertiary alicyclic amines) is 1. The Bertz CT molecular complexity index is 1770. The Labute approximate surface area is 274 Å². The molecule has 1 amide bonds. The number of hydrogen-bond acceptors (Lipinski definition) is 8. The van der Waals surface area contributed by atoms with Gasteiger partial charge in [0, 0.05) is 45.1 Å². The second-order valence-corrected chi connectivity index (χ2v) is 11.9. The van der Waals surface area contributed by atoms with Gasteiger partial charge in [0.1, 0.15) is 17.2 Å². The van der Waals surface area contributed by atoms with Crippen molar-refractivity contribution in [3.05, 3.63) is 106 Å². The molecule has 3 aromatic carbocycles. The van der Waals surface area contributed by atoms with Crippen molar-refractivity contribution in [2.75, 3.05) is 26.2 Å². The van der Waals surface area contributed by atoms with Crippen molar-refractivity contribution in [1.82, 2.24) is 19.4 Å². The van der Waals surface area contributed by atoms with E-state index < -0.39 is 0 Å². The highest BCUT2D eigenvalue weighted by atomic mass is 16.5. The summed E-state index contributed by atoms with van der Waals surface area (Å²) < 4.78 is 18.8. The Hall–Kier alpha value is -4.96. The molecule has 0 bridgehead atoms. The smallest absolute Gasteiger partial charge is 0.310 e. The lowest BCUT2D eigenvalue weighted by Gasteiger charge is -2.41. The Balaban J connectivity index is 1.14. The molecule has 1 fully saturated rings. The van der Waals surface area contributed by atoms with Crippen LogP contribution in [0.1, 0.15) is 49.9 Å². The molecule has 6 rings (SSSR count). The summed E-state index contributed by atoms with van der Waals surface area (Å²) in [6.07, 6.45) is 2.79. The van der Waals surface area contributed by atoms with Gasteiger partial charge in [-0.15, -0.1) is 0 Å². The zero-order valence-corrected chi connectivity index (χ0v) is 26.9. The van der Waals surface area contributed by atoms with Crippen molar-refractivity contribution in [2.24, 2.45) is 5.92 Å². The summed E-state index contributed by atoms with van der Waals surface area (Å²) in [6, 6.07) is 24.3. The summed E-state index contributed by atoms with van der Waals surface area (Å²) in [6.45, 7) is 7.19. The number of esters is 1. The summed E-state index contributed by atoms with van der Waals surface area (Å²) in [7, 11) is 0. The van der Waals surface area contributed by atoms with Crippen LogP contribution in [0.5, 0.6) is 23.3 Å². The summed E-state index contributed by atoms with van der Waals surface area (Å²) in [4.78, 5) is 48.0. The maximum Gasteiger partial charge on any atom is 0.310 e. The van der Waals surface area contributed by atoms with Crippen molar-refractivity contribution in [1.29, 1.82) is 0 Å². The fraction of sp³-hybridized carbons (Fsp3) is 0.351. The van der Waals surface area contributed by atoms with Crippen LogP contribution in [0.15, 0.2) is 83.7 Å². The molecule has 10 nitrogen and oxygen atoms in total. The molecule has 0 N–H and O–H groups in total. The SMILES string of the molecule is CCCCOc1cccc(Oc2nc3c(c(=O)n2-c2ccccc2)CN(C(=O)C2CN(Cc4ccc(OC(=O)CC)cc4)C2)CC3)c1. The van der Waals surface area contributed by atoms with Crippen LogP contribution in [-0.2, 0) is 29.1 Å². The molecule has 0 aliphatic carbocycles. The first kappa shape index (κ1) is 32.0. The summed E-state index contributed by atoms with van der Waals surface area (Å²) in [5.41, 5.74) is 2.64. The molecule has 1 saturated heterocycles. The maximum atomic E-state index is 14.1. The third-order valence-electron chi connectivity index (χ3n) is 8.46. The quantitative estimate of drug-likeness (QED) is 0.114. The normalized spacial score (nSPS) is 14.6. The van der Waals surface area contributed by atoms with Crippen molar-refractivity contribution in [2.45, 2.75) is 52.6 Å². The highest BCUT2D eigenvalue weighted by Gasteiger charge is 2.37. The molecule has 0 saturated carbocycles. The van der Waals surface area contributed by atoms with Crippen LogP contribution in [-0.4, -0.2) is 57.5 Å². The number of benzene rings is 3. The van der Waals surface area contributed by atoms with E-state index in [0.29, 0.717) is 79.8 Å². The molecule has 47 heavy (non-hydrogen) atoms. The highest BCUT2D eigenvalue weighted by Crippen LogP contribution is 2.29. The van der Waals surface area contributed by atoms with Gasteiger partial charge in [-0.3, -0.25) is 19.3 Å². The number of amides is 1. The number of rotatable bonds is 12. The Kier molecular flexibility index (Phi) is 9.97. The fourth-order valence-electron chi connectivity index (χ4n) is 5.82. The monoisotopic (exact) mass is 636 g/mol. The first-order valence-corrected chi connectivity index (χ1v) is 16.3. The van der Waals surface area contributed by atoms with Crippen LogP contribution in [0.25, 0.3) is 5.69 Å². The van der Waals surface area contributed by atoms with Gasteiger partial charge in [0.15, 0.2) is 0 Å². The number of para-hydroxylation sites is 1. The van der Waals surface area contributed by atoms with E-state index in [4.69, 9.17) is 19.2 Å². The van der Waals surface area contributed by atoms with Crippen molar-refractivity contribution in [3.8, 4) is 28.9 Å². The molecule has 2 aliphatic rings. The van der Waals surface area contributed by atoms with Crippen LogP contribution in [0, 0.1) is 5.92 Å². The lowest BCUT2D eigenvalue weighted by molar-refractivity contribution is -0.142. The van der Waals surface area contributed by atoms with Crippen molar-refractivity contribution in [3.63, 3.8) is 0 Å². The molecule has 2 aliphatic heterocycles. The van der Waals surface area contributed by atoms with E-state index in [2.05, 4.69) is 11.8 Å². The predicted molar refractivity (Wildman–Crippen MR) is 177 cm³/mol. The number of nitrogens with zero attached hydrogens (tertiary/aromatic N) is 4. The first-order chi connectivity index (χ1) is 22.9. The lowest BCUT2D eigenvalue weighted by atomic mass is 9.96. The van der Waals surface area contributed by atoms with Gasteiger partial charge in [-0.1, -0.05) is 56.7 Å². The van der Waals surface area contributed by atoms with Gasteiger partial charge in [0.05, 0.1) is 36.0 Å². The molecule has 4 aromatic rings. The van der Waals surface area contributed by atoms with E-state index in [1.165, 1.54) is 4.57 Å². The largest absolute Gasteiger partial charge is 0.493 e. The van der Waals surface area contributed by atoms with Crippen LogP contribution < -0.4 is 19.8 Å². The van der Waals surface area contributed by atoms with Gasteiger partial charge < -0.3 is 19.1 Å². The molecule has 3 heterocycles. The summed E-state index contributed by atoms with van der Waals surface area (Å²) in [5.74, 6) is 1.41. The van der Waals surface area contributed by atoms with Gasteiger partial charge in [0.25, 0.3) is 5.56 Å². The van der Waals surface area contributed by atoms with Crippen molar-refractivity contribution < 1.29 is 23.8 Å². The van der Waals surface area contributed by atoms with Gasteiger partial charge >= 0.3 is 12.0 Å². The second-order valence-electron chi connectivity index (χ2n) is 11.9. The zero-order chi connectivity index (χ0) is 32.8. The number of hydrogen-bond donors (Lipinski definition) is 0. The third kappa shape index (κ3) is 7.55. The van der Waals surface area contributed by atoms with Gasteiger partial charge in [0.2, 0.25) is 5.91 Å². The number of carbonyl (C=O) groups is 2. The van der Waals surface area contributed by atoms with E-state index in [0.717, 1.165) is 18.4 Å². The molecule has 1 aromatic heterocycles. The van der Waals surface area contributed by atoms with Gasteiger partial charge in [-0.05, 0) is 48.4 Å². The summed E-state index contributed by atoms with van der Waals surface area (Å²) in [5, 5.41) is 0. The molecule has 10 heteroatoms. The van der Waals surface area contributed by atoms with E-state index in [-0.39, 0.29) is 35.9 Å². The minimum absolute atomic E-state index is 0.0552. The zero-order valence-electron chi connectivity index (χ0n) is 26.9. The lowest BCUT2D eigenvalue weighted by Crippen LogP contribution is -2.55. The third-order valence-corrected chi connectivity index (χ3v) is 8.46. The Morgan fingerprint density at radius 1 is 0.915 bits per heavy atom. The molecule has 0 unspecified atom stereocenters. The topological polar surface area (TPSA) is 103 Å². The molecular weight excluding hydrogens is 596 g/mol. The number of aromatic nitrogens is 2. The molecule has 0 radical (unpaired) electrons. The van der Waals surface area contributed by atoms with E-state index in [1.54, 1.807) is 30.0 Å². The van der Waals surface area contributed by atoms with Gasteiger partial charge in [-0.2, -0.15) is 0 Å². The van der Waals surface area contributed by atoms with E-state index >= 15 is 0 Å². The average Bonchev–Trinajstić information content (AvgIpc) is 3.07. The highest BCUT2D eigenvalue weighted by molar-refractivity contribution is 5.80. The molecule has 244 valence electrons. The van der Waals surface area contributed by atoms with Crippen LogP contribution in [0.2, 0.25) is 0 Å². The average molecular weight is 637 g/mol. The van der Waals surface area contributed by atoms with Gasteiger partial charge in [-0.25, -0.2) is 9.55 Å². The minimum atomic E-state index is -0.264. The Morgan fingerprint density at radius 3 is 2.43 bits per heavy atom. The van der Waals surface area contributed by atoms with Crippen LogP contribution in [0.4, 0.5) is 0 Å². The first-order valence-electron chi connectivity index (χ1n) is 16.3. The van der Waals surface area contributed by atoms with Crippen molar-refractivity contribution >= 4 is 11.9 Å². The van der Waals surface area contributed by atoms with Crippen LogP contribution in [0.3, 0.4) is 0 Å². The Morgan fingerprint density at radius 2 is 1.68 bits per heavy atom. The number of unbranched alkanes of at least 4 members (excludes halogenated alkanes) is 1. The standard InChI is InChI=1S/C37H40N4O6/c1-3-5-20-45-30-12-9-13-31(21-30)47-37-38-33-18-19-40(25-32(33)36(44)41(37)28-10-7-6-8-11-28)35(43)27-23-39(24-27)22-26-14-16-29(17-15-26)46-34(42)4-2/h6-17,21,27H,3-5,18-20,22-25H2,1-2H3. The van der Waals surface area contributed by atoms with E-state index in [1.807, 2.05) is 60.7 Å². The number of fused-ring (bicyclic) bond motifs is 1. The number of carbonyl (C=O) groups excluding carboxylic acids is 2. The number of ether oxygens (including phenoxy) is 3. The fourth-order valence-corrected chi connectivity index (χ4v) is 5.82. The summed E-state index contributed by atoms with van der Waals surface area (Å²) >= 11 is 0. The second kappa shape index (κ2) is 14.6. The molecular formula is C37H40N4O6. The minimum Gasteiger partial charge on any atom is -0.493 e. The van der Waals surface area contributed by atoms with Crippen LogP contribution >= 0.6 is 0 Å². The molecule has 0 atom stereocenters. The van der Waals surface area contributed by atoms with E-state index in [9.17, 15) is 14.4 Å². The molecule has 0 spiro atoms. The predicted octanol–water partition coefficient (Wildman–Crippen LogP) is 5.54.